The van der Waals surface area contributed by atoms with Crippen LogP contribution in [-0.4, -0.2) is 35.0 Å². The first-order chi connectivity index (χ1) is 15.5. The van der Waals surface area contributed by atoms with Crippen LogP contribution in [-0.2, 0) is 6.54 Å². The van der Waals surface area contributed by atoms with E-state index in [1.807, 2.05) is 30.3 Å². The van der Waals surface area contributed by atoms with Crippen molar-refractivity contribution in [1.82, 2.24) is 9.97 Å². The van der Waals surface area contributed by atoms with Gasteiger partial charge in [-0.15, -0.1) is 0 Å². The summed E-state index contributed by atoms with van der Waals surface area (Å²) < 4.78 is 11.3. The molecule has 32 heavy (non-hydrogen) atoms. The van der Waals surface area contributed by atoms with Crippen LogP contribution in [0.5, 0.6) is 11.5 Å². The molecule has 1 amide bonds. The molecule has 10 heteroatoms. The number of nitro groups is 1. The molecule has 0 bridgehead atoms. The van der Waals surface area contributed by atoms with Gasteiger partial charge in [0.1, 0.15) is 5.56 Å². The number of hydrogen-bond donors (Lipinski definition) is 0. The molecular formula is C22H18N4O5S. The van der Waals surface area contributed by atoms with Crippen molar-refractivity contribution in [2.24, 2.45) is 0 Å². The van der Waals surface area contributed by atoms with E-state index in [0.29, 0.717) is 10.8 Å². The maximum absolute atomic E-state index is 13.7. The summed E-state index contributed by atoms with van der Waals surface area (Å²) in [4.78, 5) is 35.1. The lowest BCUT2D eigenvalue weighted by Crippen LogP contribution is -2.31. The molecule has 0 unspecified atom stereocenters. The highest BCUT2D eigenvalue weighted by molar-refractivity contribution is 7.22. The molecule has 9 nitrogen and oxygen atoms in total. The second-order valence-corrected chi connectivity index (χ2v) is 7.67. The zero-order valence-electron chi connectivity index (χ0n) is 17.2. The van der Waals surface area contributed by atoms with Gasteiger partial charge >= 0.3 is 0 Å². The SMILES string of the molecule is COc1cc(C(=O)N(Cc2ccccn2)c2nc3ccccc3s2)c([N+](=O)[O-])cc1OC. The highest BCUT2D eigenvalue weighted by Gasteiger charge is 2.30. The van der Waals surface area contributed by atoms with Crippen LogP contribution in [0.3, 0.4) is 0 Å². The number of carbonyl (C=O) groups excluding carboxylic acids is 1. The first-order valence-electron chi connectivity index (χ1n) is 9.49. The van der Waals surface area contributed by atoms with Crippen LogP contribution >= 0.6 is 11.3 Å². The Morgan fingerprint density at radius 3 is 2.47 bits per heavy atom. The number of benzene rings is 2. The molecule has 0 aliphatic heterocycles. The van der Waals surface area contributed by atoms with Crippen molar-refractivity contribution in [3.8, 4) is 11.5 Å². The average Bonchev–Trinajstić information content (AvgIpc) is 3.25. The molecule has 4 rings (SSSR count). The third-order valence-corrected chi connectivity index (χ3v) is 5.79. The summed E-state index contributed by atoms with van der Waals surface area (Å²) in [5, 5.41) is 12.2. The molecule has 0 atom stereocenters. The van der Waals surface area contributed by atoms with Crippen LogP contribution in [0, 0.1) is 10.1 Å². The average molecular weight is 450 g/mol. The standard InChI is InChI=1S/C22H18N4O5S/c1-30-18-11-15(17(26(28)29)12-19(18)31-2)21(27)25(13-14-7-5-6-10-23-14)22-24-16-8-3-4-9-20(16)32-22/h3-12H,13H2,1-2H3. The number of nitro benzene ring substituents is 1. The Balaban J connectivity index is 1.85. The Morgan fingerprint density at radius 2 is 1.81 bits per heavy atom. The summed E-state index contributed by atoms with van der Waals surface area (Å²) in [6.45, 7) is 0.0883. The number of thiazole rings is 1. The fraction of sp³-hybridized carbons (Fsp3) is 0.136. The monoisotopic (exact) mass is 450 g/mol. The van der Waals surface area contributed by atoms with Crippen LogP contribution < -0.4 is 14.4 Å². The predicted octanol–water partition coefficient (Wildman–Crippen LogP) is 4.46. The van der Waals surface area contributed by atoms with Gasteiger partial charge in [0.2, 0.25) is 0 Å². The summed E-state index contributed by atoms with van der Waals surface area (Å²) in [5.74, 6) is -0.224. The largest absolute Gasteiger partial charge is 0.493 e. The van der Waals surface area contributed by atoms with Crippen molar-refractivity contribution in [2.75, 3.05) is 19.1 Å². The second kappa shape index (κ2) is 8.98. The number of aromatic nitrogens is 2. The van der Waals surface area contributed by atoms with Gasteiger partial charge in [0, 0.05) is 12.3 Å². The lowest BCUT2D eigenvalue weighted by molar-refractivity contribution is -0.385. The molecule has 2 aromatic heterocycles. The van der Waals surface area contributed by atoms with Crippen molar-refractivity contribution in [1.29, 1.82) is 0 Å². The quantitative estimate of drug-likeness (QED) is 0.302. The zero-order valence-corrected chi connectivity index (χ0v) is 18.0. The minimum Gasteiger partial charge on any atom is -0.493 e. The Kier molecular flexibility index (Phi) is 5.95. The predicted molar refractivity (Wildman–Crippen MR) is 121 cm³/mol. The smallest absolute Gasteiger partial charge is 0.286 e. The number of para-hydroxylation sites is 1. The van der Waals surface area contributed by atoms with E-state index in [4.69, 9.17) is 9.47 Å². The molecule has 0 saturated heterocycles. The summed E-state index contributed by atoms with van der Waals surface area (Å²) in [7, 11) is 2.77. The number of methoxy groups -OCH3 is 2. The van der Waals surface area contributed by atoms with Crippen LogP contribution in [0.1, 0.15) is 16.1 Å². The van der Waals surface area contributed by atoms with Gasteiger partial charge in [0.05, 0.1) is 47.7 Å². The van der Waals surface area contributed by atoms with Gasteiger partial charge in [-0.05, 0) is 24.3 Å². The van der Waals surface area contributed by atoms with Gasteiger partial charge in [-0.2, -0.15) is 0 Å². The minimum absolute atomic E-state index is 0.0883. The van der Waals surface area contributed by atoms with Crippen LogP contribution in [0.4, 0.5) is 10.8 Å². The molecular weight excluding hydrogens is 432 g/mol. The zero-order chi connectivity index (χ0) is 22.7. The van der Waals surface area contributed by atoms with E-state index in [9.17, 15) is 14.9 Å². The number of pyridine rings is 1. The molecule has 2 heterocycles. The van der Waals surface area contributed by atoms with E-state index in [1.54, 1.807) is 18.3 Å². The molecule has 0 spiro atoms. The minimum atomic E-state index is -0.619. The Bertz CT molecular complexity index is 1260. The van der Waals surface area contributed by atoms with E-state index in [0.717, 1.165) is 10.2 Å². The first-order valence-corrected chi connectivity index (χ1v) is 10.3. The number of anilines is 1. The fourth-order valence-electron chi connectivity index (χ4n) is 3.19. The van der Waals surface area contributed by atoms with E-state index < -0.39 is 10.8 Å². The summed E-state index contributed by atoms with van der Waals surface area (Å²) in [6.07, 6.45) is 1.62. The summed E-state index contributed by atoms with van der Waals surface area (Å²) >= 11 is 1.32. The number of ether oxygens (including phenoxy) is 2. The number of amides is 1. The lowest BCUT2D eigenvalue weighted by Gasteiger charge is -2.20. The fourth-order valence-corrected chi connectivity index (χ4v) is 4.15. The lowest BCUT2D eigenvalue weighted by atomic mass is 10.1. The van der Waals surface area contributed by atoms with E-state index in [2.05, 4.69) is 9.97 Å². The number of rotatable bonds is 7. The molecule has 0 fully saturated rings. The van der Waals surface area contributed by atoms with Gasteiger partial charge in [-0.1, -0.05) is 29.5 Å². The first kappa shape index (κ1) is 21.2. The topological polar surface area (TPSA) is 108 Å². The number of fused-ring (bicyclic) bond motifs is 1. The molecule has 0 radical (unpaired) electrons. The summed E-state index contributed by atoms with van der Waals surface area (Å²) in [5.41, 5.74) is 0.819. The molecule has 0 aliphatic rings. The van der Waals surface area contributed by atoms with Crippen LogP contribution in [0.15, 0.2) is 60.8 Å². The third kappa shape index (κ3) is 4.08. The molecule has 0 N–H and O–H groups in total. The summed E-state index contributed by atoms with van der Waals surface area (Å²) in [6, 6.07) is 15.3. The Hall–Kier alpha value is -4.05. The maximum atomic E-state index is 13.7. The van der Waals surface area contributed by atoms with Gasteiger partial charge < -0.3 is 9.47 Å². The molecule has 0 saturated carbocycles. The number of hydrogen-bond acceptors (Lipinski definition) is 8. The maximum Gasteiger partial charge on any atom is 0.286 e. The van der Waals surface area contributed by atoms with E-state index in [-0.39, 0.29) is 29.3 Å². The van der Waals surface area contributed by atoms with Gasteiger partial charge in [0.15, 0.2) is 16.6 Å². The Morgan fingerprint density at radius 1 is 1.09 bits per heavy atom. The highest BCUT2D eigenvalue weighted by atomic mass is 32.1. The third-order valence-electron chi connectivity index (χ3n) is 4.73. The van der Waals surface area contributed by atoms with Gasteiger partial charge in [-0.3, -0.25) is 24.8 Å². The Labute approximate surface area is 187 Å². The highest BCUT2D eigenvalue weighted by Crippen LogP contribution is 2.37. The van der Waals surface area contributed by atoms with Crippen LogP contribution in [0.2, 0.25) is 0 Å². The molecule has 162 valence electrons. The van der Waals surface area contributed by atoms with Crippen molar-refractivity contribution in [3.05, 3.63) is 82.2 Å². The number of nitrogens with zero attached hydrogens (tertiary/aromatic N) is 4. The molecule has 0 aliphatic carbocycles. The van der Waals surface area contributed by atoms with E-state index in [1.165, 1.54) is 42.6 Å². The van der Waals surface area contributed by atoms with Crippen molar-refractivity contribution < 1.29 is 19.2 Å². The van der Waals surface area contributed by atoms with Gasteiger partial charge in [0.25, 0.3) is 11.6 Å². The van der Waals surface area contributed by atoms with Crippen molar-refractivity contribution in [2.45, 2.75) is 6.54 Å². The molecule has 2 aromatic carbocycles. The second-order valence-electron chi connectivity index (χ2n) is 6.66. The van der Waals surface area contributed by atoms with Crippen LogP contribution in [0.25, 0.3) is 10.2 Å². The van der Waals surface area contributed by atoms with Crippen molar-refractivity contribution >= 4 is 38.3 Å². The van der Waals surface area contributed by atoms with Gasteiger partial charge in [-0.25, -0.2) is 4.98 Å². The van der Waals surface area contributed by atoms with E-state index >= 15 is 0 Å². The number of carbonyl (C=O) groups is 1. The normalized spacial score (nSPS) is 10.7. The van der Waals surface area contributed by atoms with Crippen molar-refractivity contribution in [3.63, 3.8) is 0 Å². The molecule has 4 aromatic rings.